The summed E-state index contributed by atoms with van der Waals surface area (Å²) in [6.45, 7) is 7.49. The highest BCUT2D eigenvalue weighted by Crippen LogP contribution is 1.92. The van der Waals surface area contributed by atoms with Crippen LogP contribution in [0.4, 0.5) is 0 Å². The number of carbonyl (C=O) groups excluding carboxylic acids is 1. The van der Waals surface area contributed by atoms with Crippen molar-refractivity contribution >= 4 is 15.3 Å². The Morgan fingerprint density at radius 1 is 1.73 bits per heavy atom. The van der Waals surface area contributed by atoms with Crippen molar-refractivity contribution in [1.29, 1.82) is 0 Å². The molecule has 0 aliphatic rings. The van der Waals surface area contributed by atoms with Crippen LogP contribution in [0.2, 0.25) is 0 Å². The molecular weight excluding hydrogens is 160 g/mol. The number of hydrogen-bond acceptors (Lipinski definition) is 3. The molecular formula is C7H13O3Si. The maximum Gasteiger partial charge on any atom is 0.490 e. The number of hydrogen-bond donors (Lipinski definition) is 0. The van der Waals surface area contributed by atoms with Crippen LogP contribution in [0.1, 0.15) is 20.3 Å². The molecule has 0 saturated heterocycles. The molecule has 0 atom stereocenters. The lowest BCUT2D eigenvalue weighted by Crippen LogP contribution is -2.23. The van der Waals surface area contributed by atoms with Crippen LogP contribution in [0.3, 0.4) is 0 Å². The molecule has 0 bridgehead atoms. The van der Waals surface area contributed by atoms with E-state index in [1.54, 1.807) is 5.70 Å². The van der Waals surface area contributed by atoms with E-state index in [9.17, 15) is 4.79 Å². The van der Waals surface area contributed by atoms with Gasteiger partial charge in [0.2, 0.25) is 0 Å². The van der Waals surface area contributed by atoms with Crippen molar-refractivity contribution in [3.05, 3.63) is 12.3 Å². The first kappa shape index (κ1) is 10.4. The highest BCUT2D eigenvalue weighted by atomic mass is 28.3. The summed E-state index contributed by atoms with van der Waals surface area (Å²) in [5.74, 6) is -0.310. The van der Waals surface area contributed by atoms with Crippen LogP contribution in [-0.2, 0) is 13.6 Å². The Hall–Kier alpha value is -0.613. The fraction of sp³-hybridized carbons (Fsp3) is 0.571. The third-order valence-corrected chi connectivity index (χ3v) is 2.17. The third kappa shape index (κ3) is 5.81. The molecule has 0 aromatic carbocycles. The Morgan fingerprint density at radius 2 is 2.36 bits per heavy atom. The van der Waals surface area contributed by atoms with Gasteiger partial charge < -0.3 is 8.85 Å². The van der Waals surface area contributed by atoms with Crippen LogP contribution >= 0.6 is 0 Å². The standard InChI is InChI=1S/C7H13O3Si/c1-4-6-9-11(5-2)10-7(3)8/h5H,2,4,6H2,1,3H3. The molecule has 0 rings (SSSR count). The normalized spacial score (nSPS) is 9.73. The molecule has 0 unspecified atom stereocenters. The van der Waals surface area contributed by atoms with E-state index in [4.69, 9.17) is 8.85 Å². The average molecular weight is 173 g/mol. The van der Waals surface area contributed by atoms with Gasteiger partial charge in [-0.1, -0.05) is 6.92 Å². The summed E-state index contributed by atoms with van der Waals surface area (Å²) in [7, 11) is -1.53. The molecule has 0 spiro atoms. The van der Waals surface area contributed by atoms with Gasteiger partial charge in [0.25, 0.3) is 5.97 Å². The summed E-state index contributed by atoms with van der Waals surface area (Å²) in [6, 6.07) is 0. The predicted molar refractivity (Wildman–Crippen MR) is 44.0 cm³/mol. The molecule has 0 aromatic rings. The molecule has 0 aliphatic carbocycles. The van der Waals surface area contributed by atoms with Crippen LogP contribution < -0.4 is 0 Å². The van der Waals surface area contributed by atoms with Crippen LogP contribution in [0.25, 0.3) is 0 Å². The lowest BCUT2D eigenvalue weighted by molar-refractivity contribution is -0.133. The van der Waals surface area contributed by atoms with Crippen molar-refractivity contribution in [3.63, 3.8) is 0 Å². The molecule has 0 aliphatic heterocycles. The van der Waals surface area contributed by atoms with Crippen molar-refractivity contribution in [2.75, 3.05) is 6.61 Å². The molecule has 0 aromatic heterocycles. The lowest BCUT2D eigenvalue weighted by Gasteiger charge is -2.08. The third-order valence-electron chi connectivity index (χ3n) is 0.859. The molecule has 0 saturated carbocycles. The highest BCUT2D eigenvalue weighted by molar-refractivity contribution is 6.52. The summed E-state index contributed by atoms with van der Waals surface area (Å²) in [4.78, 5) is 10.5. The maximum atomic E-state index is 10.5. The minimum Gasteiger partial charge on any atom is -0.489 e. The molecule has 4 heteroatoms. The fourth-order valence-electron chi connectivity index (χ4n) is 0.474. The molecule has 63 valence electrons. The molecule has 3 nitrogen and oxygen atoms in total. The first-order valence-corrected chi connectivity index (χ1v) is 4.90. The summed E-state index contributed by atoms with van der Waals surface area (Å²) in [6.07, 6.45) is 0.920. The topological polar surface area (TPSA) is 35.5 Å². The second-order valence-corrected chi connectivity index (χ2v) is 3.50. The molecule has 1 radical (unpaired) electrons. The zero-order chi connectivity index (χ0) is 8.69. The highest BCUT2D eigenvalue weighted by Gasteiger charge is 2.13. The molecule has 0 N–H and O–H groups in total. The van der Waals surface area contributed by atoms with Gasteiger partial charge in [0.05, 0.1) is 0 Å². The first-order valence-electron chi connectivity index (χ1n) is 3.51. The smallest absolute Gasteiger partial charge is 0.489 e. The summed E-state index contributed by atoms with van der Waals surface area (Å²) < 4.78 is 10.0. The summed E-state index contributed by atoms with van der Waals surface area (Å²) >= 11 is 0. The second kappa shape index (κ2) is 6.12. The Balaban J connectivity index is 3.57. The van der Waals surface area contributed by atoms with E-state index in [-0.39, 0.29) is 5.97 Å². The van der Waals surface area contributed by atoms with Gasteiger partial charge in [-0.3, -0.25) is 4.79 Å². The molecule has 0 amide bonds. The minimum absolute atomic E-state index is 0.310. The van der Waals surface area contributed by atoms with E-state index in [1.165, 1.54) is 6.92 Å². The molecule has 0 heterocycles. The molecule has 0 fully saturated rings. The van der Waals surface area contributed by atoms with Crippen LogP contribution in [0, 0.1) is 0 Å². The van der Waals surface area contributed by atoms with Gasteiger partial charge in [0, 0.05) is 13.5 Å². The van der Waals surface area contributed by atoms with E-state index in [0.29, 0.717) is 6.61 Å². The minimum atomic E-state index is -1.53. The Morgan fingerprint density at radius 3 is 2.73 bits per heavy atom. The Labute approximate surface area is 68.9 Å². The van der Waals surface area contributed by atoms with Crippen LogP contribution in [-0.4, -0.2) is 21.9 Å². The predicted octanol–water partition coefficient (Wildman–Crippen LogP) is 1.19. The number of carbonyl (C=O) groups is 1. The zero-order valence-electron chi connectivity index (χ0n) is 6.92. The second-order valence-electron chi connectivity index (χ2n) is 1.97. The van der Waals surface area contributed by atoms with E-state index in [2.05, 4.69) is 6.58 Å². The van der Waals surface area contributed by atoms with E-state index in [1.807, 2.05) is 6.92 Å². The van der Waals surface area contributed by atoms with Crippen molar-refractivity contribution in [3.8, 4) is 0 Å². The SMILES string of the molecule is C=C[Si](OCCC)OC(C)=O. The Bertz CT molecular complexity index is 136. The van der Waals surface area contributed by atoms with Gasteiger partial charge in [-0.25, -0.2) is 0 Å². The Kier molecular flexibility index (Phi) is 5.78. The van der Waals surface area contributed by atoms with Gasteiger partial charge >= 0.3 is 9.28 Å². The van der Waals surface area contributed by atoms with Crippen molar-refractivity contribution in [2.24, 2.45) is 0 Å². The van der Waals surface area contributed by atoms with E-state index in [0.717, 1.165) is 6.42 Å². The number of rotatable bonds is 5. The van der Waals surface area contributed by atoms with E-state index < -0.39 is 9.28 Å². The van der Waals surface area contributed by atoms with Gasteiger partial charge in [0.1, 0.15) is 0 Å². The van der Waals surface area contributed by atoms with Gasteiger partial charge in [-0.05, 0) is 12.1 Å². The van der Waals surface area contributed by atoms with Gasteiger partial charge in [0.15, 0.2) is 0 Å². The van der Waals surface area contributed by atoms with Gasteiger partial charge in [-0.15, -0.1) is 6.58 Å². The quantitative estimate of drug-likeness (QED) is 0.586. The summed E-state index contributed by atoms with van der Waals surface area (Å²) in [5, 5.41) is 0. The van der Waals surface area contributed by atoms with Gasteiger partial charge in [-0.2, -0.15) is 0 Å². The van der Waals surface area contributed by atoms with Crippen molar-refractivity contribution < 1.29 is 13.6 Å². The molecule has 11 heavy (non-hydrogen) atoms. The zero-order valence-corrected chi connectivity index (χ0v) is 7.92. The lowest BCUT2D eigenvalue weighted by atomic mass is 10.5. The monoisotopic (exact) mass is 173 g/mol. The van der Waals surface area contributed by atoms with Crippen molar-refractivity contribution in [1.82, 2.24) is 0 Å². The van der Waals surface area contributed by atoms with Crippen molar-refractivity contribution in [2.45, 2.75) is 20.3 Å². The van der Waals surface area contributed by atoms with Crippen LogP contribution in [0.15, 0.2) is 12.3 Å². The summed E-state index contributed by atoms with van der Waals surface area (Å²) in [5.41, 5.74) is 1.56. The average Bonchev–Trinajstić information content (AvgIpc) is 1.97. The van der Waals surface area contributed by atoms with Crippen LogP contribution in [0.5, 0.6) is 0 Å². The maximum absolute atomic E-state index is 10.5. The van der Waals surface area contributed by atoms with E-state index >= 15 is 0 Å². The largest absolute Gasteiger partial charge is 0.490 e. The fourth-order valence-corrected chi connectivity index (χ4v) is 1.42. The first-order chi connectivity index (χ1) is 5.20.